The number of amides is 5. The van der Waals surface area contributed by atoms with Gasteiger partial charge in [-0.3, -0.25) is 57.3 Å². The van der Waals surface area contributed by atoms with E-state index in [4.69, 9.17) is 43.5 Å². The van der Waals surface area contributed by atoms with Crippen LogP contribution in [-0.2, 0) is 81.4 Å². The lowest BCUT2D eigenvalue weighted by atomic mass is 9.93. The van der Waals surface area contributed by atoms with E-state index in [1.54, 1.807) is 5.32 Å². The van der Waals surface area contributed by atoms with Crippen molar-refractivity contribution in [2.75, 3.05) is 7.15 Å². The second kappa shape index (κ2) is 29.2. The standard InChI is InChI=1S/C13H13NO10.C12H8N2O8.C4H8N2O4.C4H2O3.CH3F.CH4/c15-6(1-3-9(17)18)5-7(12(21)22)11(13(23)24)14-8(16)2-4-10(19)20;15-5-1-2-6(16)13(5)9(11(19)20)10(12(21)22)14-7(17)3-4-8(14)18;5-1(3(7)8)2(6)4(9)10;5-3-1-2-4(6)7-3;1-2;/h1-4,7,11H,5H2,(H,14,16)(H,17,18)(H,19,20)(H,21,22)(H,23,24);1-4,9-10H,(H,19,20)(H,21,22);1-2H,5-6H2,(H,7,8)(H,9,10);1-2H;1H3;1H4/b3-1-,4-2-;;;;;/i;;;;1D;. The van der Waals surface area contributed by atoms with Crippen LogP contribution in [-0.4, -0.2) is 183 Å². The Bertz CT molecular complexity index is 1980. The molecule has 6 unspecified atom stereocenters. The number of cyclic esters (lactones) is 2. The van der Waals surface area contributed by atoms with Crippen molar-refractivity contribution in [2.45, 2.75) is 44.1 Å². The number of esters is 2. The number of imide groups is 2. The molecule has 0 saturated carbocycles. The van der Waals surface area contributed by atoms with Gasteiger partial charge in [0.15, 0.2) is 17.9 Å². The highest BCUT2D eigenvalue weighted by atomic mass is 19.1. The molecule has 0 aromatic heterocycles. The first-order valence-corrected chi connectivity index (χ1v) is 16.4. The van der Waals surface area contributed by atoms with Crippen LogP contribution in [0.15, 0.2) is 60.8 Å². The fraction of sp³-hybridized carbons (Fsp3) is 0.257. The lowest BCUT2D eigenvalue weighted by molar-refractivity contribution is -0.166. The third-order valence-corrected chi connectivity index (χ3v) is 7.06. The number of carbonyl (C=O) groups excluding carboxylic acids is 8. The van der Waals surface area contributed by atoms with E-state index in [-0.39, 0.29) is 17.2 Å². The lowest BCUT2D eigenvalue weighted by Crippen LogP contribution is -2.61. The van der Waals surface area contributed by atoms with Crippen LogP contribution in [0.2, 0.25) is 0 Å². The number of rotatable bonds is 18. The molecule has 3 aliphatic rings. The number of carbonyl (C=O) groups is 16. The average Bonchev–Trinajstić information content (AvgIpc) is 3.87. The van der Waals surface area contributed by atoms with Gasteiger partial charge in [0.25, 0.3) is 23.6 Å². The Labute approximate surface area is 367 Å². The highest BCUT2D eigenvalue weighted by molar-refractivity contribution is 6.18. The maximum atomic E-state index is 11.6. The quantitative estimate of drug-likeness (QED) is 0.0265. The summed E-state index contributed by atoms with van der Waals surface area (Å²) in [6, 6.07) is -9.59. The van der Waals surface area contributed by atoms with Gasteiger partial charge in [0.2, 0.25) is 5.91 Å². The summed E-state index contributed by atoms with van der Waals surface area (Å²) in [6.45, 7) is 0. The van der Waals surface area contributed by atoms with Crippen LogP contribution < -0.4 is 16.8 Å². The molecule has 31 heteroatoms. The summed E-state index contributed by atoms with van der Waals surface area (Å²) in [6.07, 6.45) is 6.24. The molecule has 0 spiro atoms. The van der Waals surface area contributed by atoms with E-state index in [0.29, 0.717) is 24.3 Å². The molecule has 3 rings (SSSR count). The Morgan fingerprint density at radius 2 is 0.924 bits per heavy atom. The average molecular weight is 949 g/mol. The molecule has 66 heavy (non-hydrogen) atoms. The predicted molar refractivity (Wildman–Crippen MR) is 204 cm³/mol. The highest BCUT2D eigenvalue weighted by Crippen LogP contribution is 2.21. The van der Waals surface area contributed by atoms with Crippen LogP contribution in [0.1, 0.15) is 15.2 Å². The topological polar surface area (TPSA) is 515 Å². The van der Waals surface area contributed by atoms with Gasteiger partial charge in [0, 0.05) is 61.1 Å². The van der Waals surface area contributed by atoms with Gasteiger partial charge in [0.1, 0.15) is 18.1 Å². The number of nitrogens with one attached hydrogen (secondary N) is 1. The Morgan fingerprint density at radius 3 is 1.17 bits per heavy atom. The number of nitrogens with zero attached hydrogens (tertiary/aromatic N) is 2. The SMILES string of the molecule is C.NC(C(=O)O)C(N)C(=O)O.O=C(O)/C=C\C(=O)CC(C(=O)O)C(NC(=O)/C=C\C(=O)O)C(=O)O.O=C(O)C(C(C(=O)O)N1C(=O)C=CC1=O)N1C(=O)C=CC1=O.O=C1C=CC(=O)O1.[2H]CF. The summed E-state index contributed by atoms with van der Waals surface area (Å²) < 4.78 is 19.5. The fourth-order valence-corrected chi connectivity index (χ4v) is 4.24. The summed E-state index contributed by atoms with van der Waals surface area (Å²) >= 11 is 0. The maximum absolute atomic E-state index is 11.6. The number of carboxylic acid groups (broad SMARTS) is 8. The molecular weight excluding hydrogens is 909 g/mol. The van der Waals surface area contributed by atoms with Crippen LogP contribution in [0.3, 0.4) is 0 Å². The van der Waals surface area contributed by atoms with Gasteiger partial charge in [-0.25, -0.2) is 33.6 Å². The highest BCUT2D eigenvalue weighted by Gasteiger charge is 2.50. The molecule has 5 amide bonds. The van der Waals surface area contributed by atoms with Crippen LogP contribution in [0.5, 0.6) is 0 Å². The molecule has 0 aliphatic carbocycles. The number of aliphatic carboxylic acids is 8. The normalized spacial score (nSPS) is 16.1. The monoisotopic (exact) mass is 948 g/mol. The van der Waals surface area contributed by atoms with Gasteiger partial charge in [-0.2, -0.15) is 0 Å². The molecule has 360 valence electrons. The van der Waals surface area contributed by atoms with Crippen molar-refractivity contribution in [3.05, 3.63) is 60.8 Å². The Balaban J connectivity index is -0.000000865. The molecular formula is C35H38FN5O25. The zero-order chi connectivity index (χ0) is 51.8. The van der Waals surface area contributed by atoms with Gasteiger partial charge in [-0.15, -0.1) is 0 Å². The summed E-state index contributed by atoms with van der Waals surface area (Å²) in [5, 5.41) is 71.2. The minimum absolute atomic E-state index is 0. The zero-order valence-corrected chi connectivity index (χ0v) is 32.1. The molecule has 3 aliphatic heterocycles. The molecule has 0 saturated heterocycles. The van der Waals surface area contributed by atoms with Crippen LogP contribution in [0.25, 0.3) is 0 Å². The Kier molecular flexibility index (Phi) is 26.1. The van der Waals surface area contributed by atoms with Crippen molar-refractivity contribution in [3.8, 4) is 0 Å². The van der Waals surface area contributed by atoms with Gasteiger partial charge in [-0.1, -0.05) is 7.43 Å². The number of alkyl halides is 1. The smallest absolute Gasteiger partial charge is 0.338 e. The van der Waals surface area contributed by atoms with Gasteiger partial charge < -0.3 is 62.4 Å². The summed E-state index contributed by atoms with van der Waals surface area (Å²) in [7, 11) is -1.00. The molecule has 0 aromatic carbocycles. The number of ketones is 1. The van der Waals surface area contributed by atoms with E-state index >= 15 is 0 Å². The van der Waals surface area contributed by atoms with Crippen LogP contribution in [0, 0.1) is 5.92 Å². The molecule has 0 radical (unpaired) electrons. The van der Waals surface area contributed by atoms with E-state index in [2.05, 4.69) is 4.74 Å². The van der Waals surface area contributed by atoms with E-state index in [0.717, 1.165) is 36.5 Å². The van der Waals surface area contributed by atoms with Crippen molar-refractivity contribution in [1.82, 2.24) is 15.1 Å². The molecule has 6 atom stereocenters. The lowest BCUT2D eigenvalue weighted by Gasteiger charge is -2.31. The van der Waals surface area contributed by atoms with Crippen molar-refractivity contribution in [3.63, 3.8) is 0 Å². The van der Waals surface area contributed by atoms with Crippen molar-refractivity contribution in [2.24, 2.45) is 17.4 Å². The van der Waals surface area contributed by atoms with Gasteiger partial charge >= 0.3 is 59.7 Å². The zero-order valence-electron chi connectivity index (χ0n) is 33.1. The van der Waals surface area contributed by atoms with Crippen molar-refractivity contribution < 1.29 is 128 Å². The first-order chi connectivity index (χ1) is 30.5. The number of hydrogen-bond donors (Lipinski definition) is 11. The molecule has 13 N–H and O–H groups in total. The Morgan fingerprint density at radius 1 is 0.591 bits per heavy atom. The third-order valence-electron chi connectivity index (χ3n) is 7.06. The molecule has 3 heterocycles. The first-order valence-electron chi connectivity index (χ1n) is 17.1. The van der Waals surface area contributed by atoms with Crippen LogP contribution >= 0.6 is 0 Å². The Hall–Kier alpha value is -9.13. The van der Waals surface area contributed by atoms with Crippen LogP contribution in [0.4, 0.5) is 4.39 Å². The number of hydrogen-bond acceptors (Lipinski definition) is 19. The number of ether oxygens (including phenoxy) is 1. The third kappa shape index (κ3) is 20.6. The second-order valence-electron chi connectivity index (χ2n) is 11.4. The largest absolute Gasteiger partial charge is 0.481 e. The predicted octanol–water partition coefficient (Wildman–Crippen LogP) is -5.10. The molecule has 30 nitrogen and oxygen atoms in total. The summed E-state index contributed by atoms with van der Waals surface area (Å²) in [5.74, 6) is -22.4. The molecule has 0 fully saturated rings. The van der Waals surface area contributed by atoms with Gasteiger partial charge in [-0.05, 0) is 6.08 Å². The summed E-state index contributed by atoms with van der Waals surface area (Å²) in [4.78, 5) is 175. The van der Waals surface area contributed by atoms with E-state index in [1.165, 1.54) is 0 Å². The van der Waals surface area contributed by atoms with E-state index in [1.807, 2.05) is 0 Å². The van der Waals surface area contributed by atoms with Crippen molar-refractivity contribution >= 4 is 95.0 Å². The second-order valence-corrected chi connectivity index (χ2v) is 11.4. The van der Waals surface area contributed by atoms with E-state index in [9.17, 15) is 91.3 Å². The van der Waals surface area contributed by atoms with E-state index < -0.39 is 145 Å². The minimum Gasteiger partial charge on any atom is -0.481 e. The number of halogens is 1. The first kappa shape index (κ1) is 59.0. The minimum atomic E-state index is -2.24. The maximum Gasteiger partial charge on any atom is 0.338 e. The molecule has 0 bridgehead atoms. The number of allylic oxidation sites excluding steroid dienone is 1. The van der Waals surface area contributed by atoms with Crippen molar-refractivity contribution in [1.29, 1.82) is 0 Å². The molecule has 0 aromatic rings. The number of carboxylic acids is 8. The van der Waals surface area contributed by atoms with Gasteiger partial charge in [0.05, 0.1) is 14.4 Å². The number of nitrogens with two attached hydrogens (primary N) is 2. The summed E-state index contributed by atoms with van der Waals surface area (Å²) in [5.41, 5.74) is 9.71. The fourth-order valence-electron chi connectivity index (χ4n) is 4.24.